The van der Waals surface area contributed by atoms with Crippen LogP contribution in [0.3, 0.4) is 0 Å². The highest BCUT2D eigenvalue weighted by molar-refractivity contribution is 6.08. The number of allylic oxidation sites excluding steroid dienone is 2. The predicted molar refractivity (Wildman–Crippen MR) is 50.8 cm³/mol. The van der Waals surface area contributed by atoms with Gasteiger partial charge in [0.25, 0.3) is 0 Å². The molecule has 1 aliphatic carbocycles. The summed E-state index contributed by atoms with van der Waals surface area (Å²) in [4.78, 5) is 0. The third-order valence-corrected chi connectivity index (χ3v) is 3.45. The van der Waals surface area contributed by atoms with Gasteiger partial charge >= 0.3 is 0 Å². The van der Waals surface area contributed by atoms with Gasteiger partial charge in [0.15, 0.2) is 0 Å². The molecule has 3 radical (unpaired) electrons. The topological polar surface area (TPSA) is 0 Å². The lowest BCUT2D eigenvalue weighted by atomic mass is 9.83. The molecule has 0 spiro atoms. The SMILES string of the molecule is CC1=CCC(C(C)C[Si])CC1. The van der Waals surface area contributed by atoms with Gasteiger partial charge in [0.1, 0.15) is 0 Å². The molecule has 1 heteroatoms. The number of hydrogen-bond donors (Lipinski definition) is 0. The lowest BCUT2D eigenvalue weighted by Crippen LogP contribution is -2.13. The molecule has 0 saturated carbocycles. The second-order valence-electron chi connectivity index (χ2n) is 3.77. The fourth-order valence-corrected chi connectivity index (χ4v) is 2.00. The molecule has 0 nitrogen and oxygen atoms in total. The van der Waals surface area contributed by atoms with E-state index >= 15 is 0 Å². The first kappa shape index (κ1) is 9.05. The Balaban J connectivity index is 2.40. The minimum Gasteiger partial charge on any atom is -0.0853 e. The fraction of sp³-hybridized carbons (Fsp3) is 0.800. The molecule has 1 aliphatic rings. The minimum absolute atomic E-state index is 0.844. The molecule has 0 aliphatic heterocycles. The number of hydrogen-bond acceptors (Lipinski definition) is 0. The Bertz CT molecular complexity index is 149. The largest absolute Gasteiger partial charge is 0.0853 e. The maximum atomic E-state index is 3.59. The molecule has 11 heavy (non-hydrogen) atoms. The van der Waals surface area contributed by atoms with Crippen LogP contribution in [0.25, 0.3) is 0 Å². The first-order chi connectivity index (χ1) is 5.24. The standard InChI is InChI=1S/C10H17Si/c1-8-3-5-10(6-4-8)9(2)7-11/h3,9-10H,4-7H2,1-2H3. The van der Waals surface area contributed by atoms with E-state index in [4.69, 9.17) is 0 Å². The van der Waals surface area contributed by atoms with E-state index in [1.165, 1.54) is 19.3 Å². The van der Waals surface area contributed by atoms with Crippen LogP contribution in [-0.2, 0) is 0 Å². The average molecular weight is 165 g/mol. The minimum atomic E-state index is 0.844. The summed E-state index contributed by atoms with van der Waals surface area (Å²) >= 11 is 0. The van der Waals surface area contributed by atoms with E-state index in [-0.39, 0.29) is 0 Å². The van der Waals surface area contributed by atoms with Crippen molar-refractivity contribution in [2.45, 2.75) is 39.2 Å². The smallest absolute Gasteiger partial charge is 0.0225 e. The number of rotatable bonds is 2. The van der Waals surface area contributed by atoms with Crippen molar-refractivity contribution in [1.29, 1.82) is 0 Å². The zero-order chi connectivity index (χ0) is 8.27. The van der Waals surface area contributed by atoms with Crippen molar-refractivity contribution >= 4 is 10.2 Å². The molecule has 2 atom stereocenters. The van der Waals surface area contributed by atoms with E-state index < -0.39 is 0 Å². The summed E-state index contributed by atoms with van der Waals surface area (Å²) in [6, 6.07) is 1.15. The molecule has 0 aromatic rings. The van der Waals surface area contributed by atoms with Crippen molar-refractivity contribution in [3.8, 4) is 0 Å². The van der Waals surface area contributed by atoms with E-state index in [2.05, 4.69) is 30.2 Å². The molecule has 0 bridgehead atoms. The summed E-state index contributed by atoms with van der Waals surface area (Å²) in [7, 11) is 3.59. The van der Waals surface area contributed by atoms with Gasteiger partial charge in [-0.1, -0.05) is 24.6 Å². The molecule has 2 unspecified atom stereocenters. The first-order valence-corrected chi connectivity index (χ1v) is 5.25. The zero-order valence-electron chi connectivity index (χ0n) is 7.56. The summed E-state index contributed by atoms with van der Waals surface area (Å²) in [5.41, 5.74) is 1.59. The van der Waals surface area contributed by atoms with Crippen LogP contribution in [0, 0.1) is 11.8 Å². The Labute approximate surface area is 73.5 Å². The molecule has 0 amide bonds. The summed E-state index contributed by atoms with van der Waals surface area (Å²) in [5, 5.41) is 0. The van der Waals surface area contributed by atoms with Gasteiger partial charge in [-0.05, 0) is 38.0 Å². The van der Waals surface area contributed by atoms with E-state index in [9.17, 15) is 0 Å². The Kier molecular flexibility index (Phi) is 3.37. The van der Waals surface area contributed by atoms with Crippen LogP contribution in [0.5, 0.6) is 0 Å². The first-order valence-electron chi connectivity index (χ1n) is 4.54. The van der Waals surface area contributed by atoms with Crippen LogP contribution in [0.1, 0.15) is 33.1 Å². The van der Waals surface area contributed by atoms with E-state index in [1.807, 2.05) is 0 Å². The highest BCUT2D eigenvalue weighted by atomic mass is 28.1. The molecular weight excluding hydrogens is 148 g/mol. The molecule has 0 N–H and O–H groups in total. The van der Waals surface area contributed by atoms with Gasteiger partial charge in [0, 0.05) is 10.2 Å². The van der Waals surface area contributed by atoms with Gasteiger partial charge in [-0.25, -0.2) is 0 Å². The normalized spacial score (nSPS) is 27.9. The quantitative estimate of drug-likeness (QED) is 0.436. The van der Waals surface area contributed by atoms with Crippen molar-refractivity contribution in [1.82, 2.24) is 0 Å². The molecule has 0 heterocycles. The van der Waals surface area contributed by atoms with Crippen molar-refractivity contribution in [3.05, 3.63) is 11.6 Å². The van der Waals surface area contributed by atoms with Gasteiger partial charge in [0.05, 0.1) is 0 Å². The second-order valence-corrected chi connectivity index (χ2v) is 4.17. The summed E-state index contributed by atoms with van der Waals surface area (Å²) in [5.74, 6) is 1.77. The third kappa shape index (κ3) is 2.48. The molecule has 0 fully saturated rings. The molecule has 1 rings (SSSR count). The molecule has 61 valence electrons. The molecule has 0 aromatic heterocycles. The van der Waals surface area contributed by atoms with Crippen molar-refractivity contribution < 1.29 is 0 Å². The molecule has 0 saturated heterocycles. The van der Waals surface area contributed by atoms with Gasteiger partial charge in [0.2, 0.25) is 0 Å². The van der Waals surface area contributed by atoms with Gasteiger partial charge in [-0.3, -0.25) is 0 Å². The summed E-state index contributed by atoms with van der Waals surface area (Å²) < 4.78 is 0. The van der Waals surface area contributed by atoms with Gasteiger partial charge in [-0.2, -0.15) is 0 Å². The Morgan fingerprint density at radius 2 is 2.45 bits per heavy atom. The van der Waals surface area contributed by atoms with Crippen molar-refractivity contribution in [2.24, 2.45) is 11.8 Å². The van der Waals surface area contributed by atoms with Gasteiger partial charge < -0.3 is 0 Å². The fourth-order valence-electron chi connectivity index (χ4n) is 1.67. The summed E-state index contributed by atoms with van der Waals surface area (Å²) in [6.45, 7) is 4.58. The Morgan fingerprint density at radius 3 is 2.91 bits per heavy atom. The maximum Gasteiger partial charge on any atom is 0.0225 e. The van der Waals surface area contributed by atoms with Crippen LogP contribution in [-0.4, -0.2) is 10.2 Å². The predicted octanol–water partition coefficient (Wildman–Crippen LogP) is 2.96. The third-order valence-electron chi connectivity index (χ3n) is 2.81. The van der Waals surface area contributed by atoms with Crippen LogP contribution in [0.15, 0.2) is 11.6 Å². The molecule has 0 aromatic carbocycles. The monoisotopic (exact) mass is 165 g/mol. The average Bonchev–Trinajstić information content (AvgIpc) is 2.05. The highest BCUT2D eigenvalue weighted by Gasteiger charge is 2.17. The van der Waals surface area contributed by atoms with Crippen LogP contribution >= 0.6 is 0 Å². The molecular formula is C10H17Si. The van der Waals surface area contributed by atoms with Crippen molar-refractivity contribution in [2.75, 3.05) is 0 Å². The lowest BCUT2D eigenvalue weighted by Gasteiger charge is -2.25. The highest BCUT2D eigenvalue weighted by Crippen LogP contribution is 2.30. The van der Waals surface area contributed by atoms with Crippen LogP contribution in [0.4, 0.5) is 0 Å². The van der Waals surface area contributed by atoms with Crippen LogP contribution in [0.2, 0.25) is 6.04 Å². The van der Waals surface area contributed by atoms with E-state index in [0.717, 1.165) is 17.9 Å². The van der Waals surface area contributed by atoms with E-state index in [0.29, 0.717) is 0 Å². The lowest BCUT2D eigenvalue weighted by molar-refractivity contribution is 0.351. The van der Waals surface area contributed by atoms with Crippen LogP contribution < -0.4 is 0 Å². The Hall–Kier alpha value is -0.0431. The summed E-state index contributed by atoms with van der Waals surface area (Å²) in [6.07, 6.45) is 6.43. The second kappa shape index (κ2) is 4.10. The maximum absolute atomic E-state index is 3.59. The zero-order valence-corrected chi connectivity index (χ0v) is 8.56. The van der Waals surface area contributed by atoms with Crippen molar-refractivity contribution in [3.63, 3.8) is 0 Å². The Morgan fingerprint density at radius 1 is 1.73 bits per heavy atom. The van der Waals surface area contributed by atoms with Gasteiger partial charge in [-0.15, -0.1) is 0 Å². The van der Waals surface area contributed by atoms with E-state index in [1.54, 1.807) is 5.57 Å².